The average Bonchev–Trinajstić information content (AvgIpc) is 3.09. The summed E-state index contributed by atoms with van der Waals surface area (Å²) in [6, 6.07) is 14.7. The van der Waals surface area contributed by atoms with Crippen LogP contribution in [0.25, 0.3) is 0 Å². The van der Waals surface area contributed by atoms with Crippen LogP contribution in [0.5, 0.6) is 0 Å². The first-order chi connectivity index (χ1) is 11.8. The zero-order valence-corrected chi connectivity index (χ0v) is 13.2. The van der Waals surface area contributed by atoms with Gasteiger partial charge in [-0.2, -0.15) is 10.2 Å². The highest BCUT2D eigenvalue weighted by atomic mass is 16.5. The third kappa shape index (κ3) is 3.55. The third-order valence-corrected chi connectivity index (χ3v) is 3.41. The number of hydrogen-bond acceptors (Lipinski definition) is 7. The van der Waals surface area contributed by atoms with Crippen molar-refractivity contribution in [2.75, 3.05) is 5.32 Å². The van der Waals surface area contributed by atoms with Gasteiger partial charge in [-0.1, -0.05) is 42.4 Å². The molecular weight excluding hydrogens is 304 g/mol. The van der Waals surface area contributed by atoms with Crippen LogP contribution in [0.15, 0.2) is 47.0 Å². The van der Waals surface area contributed by atoms with Crippen LogP contribution in [0.2, 0.25) is 0 Å². The molecule has 0 aliphatic heterocycles. The normalized spacial score (nSPS) is 11.7. The Labute approximate surface area is 139 Å². The van der Waals surface area contributed by atoms with Gasteiger partial charge in [0, 0.05) is 6.42 Å². The summed E-state index contributed by atoms with van der Waals surface area (Å²) >= 11 is 0. The van der Waals surface area contributed by atoms with Gasteiger partial charge in [0.2, 0.25) is 5.89 Å². The molecule has 120 valence electrons. The van der Waals surface area contributed by atoms with E-state index in [0.717, 1.165) is 18.4 Å². The Morgan fingerprint density at radius 2 is 2.00 bits per heavy atom. The number of nitriles is 1. The zero-order valence-electron chi connectivity index (χ0n) is 13.2. The number of hydrogen-bond donors (Lipinski definition) is 1. The van der Waals surface area contributed by atoms with E-state index in [1.807, 2.05) is 36.4 Å². The summed E-state index contributed by atoms with van der Waals surface area (Å²) < 4.78 is 5.30. The van der Waals surface area contributed by atoms with Crippen LogP contribution in [0.4, 0.5) is 5.82 Å². The van der Waals surface area contributed by atoms with Crippen LogP contribution in [0.3, 0.4) is 0 Å². The highest BCUT2D eigenvalue weighted by Gasteiger charge is 2.20. The number of aryl methyl sites for hydroxylation is 1. The van der Waals surface area contributed by atoms with Crippen molar-refractivity contribution in [1.82, 2.24) is 20.3 Å². The van der Waals surface area contributed by atoms with Crippen molar-refractivity contribution in [2.24, 2.45) is 0 Å². The van der Waals surface area contributed by atoms with Gasteiger partial charge in [-0.15, -0.1) is 10.2 Å². The fourth-order valence-electron chi connectivity index (χ4n) is 2.26. The van der Waals surface area contributed by atoms with Gasteiger partial charge in [0.1, 0.15) is 17.9 Å². The van der Waals surface area contributed by atoms with Crippen LogP contribution in [-0.4, -0.2) is 20.3 Å². The molecule has 0 saturated heterocycles. The number of nitrogens with one attached hydrogen (secondary N) is 1. The maximum Gasteiger partial charge on any atom is 0.226 e. The molecule has 0 radical (unpaired) electrons. The van der Waals surface area contributed by atoms with Gasteiger partial charge in [-0.3, -0.25) is 0 Å². The minimum absolute atomic E-state index is 0.265. The molecule has 0 fully saturated rings. The summed E-state index contributed by atoms with van der Waals surface area (Å²) in [7, 11) is 0. The minimum Gasteiger partial charge on any atom is -0.355 e. The first-order valence-corrected chi connectivity index (χ1v) is 7.68. The highest BCUT2D eigenvalue weighted by Crippen LogP contribution is 2.24. The quantitative estimate of drug-likeness (QED) is 0.745. The van der Waals surface area contributed by atoms with E-state index in [2.05, 4.69) is 32.6 Å². The molecule has 3 rings (SSSR count). The second-order valence-electron chi connectivity index (χ2n) is 5.20. The predicted octanol–water partition coefficient (Wildman–Crippen LogP) is 2.89. The van der Waals surface area contributed by atoms with E-state index in [1.54, 1.807) is 12.1 Å². The average molecular weight is 320 g/mol. The van der Waals surface area contributed by atoms with Gasteiger partial charge < -0.3 is 9.84 Å². The number of benzene rings is 1. The molecule has 0 amide bonds. The summed E-state index contributed by atoms with van der Waals surface area (Å²) in [6.07, 6.45) is 1.68. The summed E-state index contributed by atoms with van der Waals surface area (Å²) in [4.78, 5) is 4.47. The first kappa shape index (κ1) is 15.6. The minimum atomic E-state index is -0.317. The lowest BCUT2D eigenvalue weighted by atomic mass is 10.1. The molecule has 2 aromatic heterocycles. The molecule has 1 atom stereocenters. The van der Waals surface area contributed by atoms with E-state index >= 15 is 0 Å². The summed E-state index contributed by atoms with van der Waals surface area (Å²) in [5.41, 5.74) is 1.24. The van der Waals surface area contributed by atoms with E-state index < -0.39 is 0 Å². The Bertz CT molecular complexity index is 822. The standard InChI is InChI=1S/C17H16N6O/c1-2-6-15-20-17(23-24-15)16(12-7-4-3-5-8-12)19-14-10-9-13(11-18)21-22-14/h3-5,7-10,16H,2,6H2,1H3,(H,19,22). The Hall–Kier alpha value is -3.27. The molecule has 1 N–H and O–H groups in total. The van der Waals surface area contributed by atoms with Crippen molar-refractivity contribution in [2.45, 2.75) is 25.8 Å². The SMILES string of the molecule is CCCc1nc(C(Nc2ccc(C#N)nn2)c2ccccc2)no1. The molecule has 3 aromatic rings. The van der Waals surface area contributed by atoms with Crippen LogP contribution >= 0.6 is 0 Å². The molecule has 1 unspecified atom stereocenters. The number of anilines is 1. The van der Waals surface area contributed by atoms with Crippen molar-refractivity contribution in [3.05, 3.63) is 65.4 Å². The van der Waals surface area contributed by atoms with Gasteiger partial charge in [0.05, 0.1) is 0 Å². The summed E-state index contributed by atoms with van der Waals surface area (Å²) in [5.74, 6) is 1.68. The molecule has 0 aliphatic rings. The lowest BCUT2D eigenvalue weighted by molar-refractivity contribution is 0.371. The van der Waals surface area contributed by atoms with Gasteiger partial charge in [-0.25, -0.2) is 0 Å². The van der Waals surface area contributed by atoms with E-state index in [4.69, 9.17) is 9.78 Å². The van der Waals surface area contributed by atoms with Crippen LogP contribution in [0.1, 0.15) is 42.4 Å². The van der Waals surface area contributed by atoms with Crippen molar-refractivity contribution < 1.29 is 4.52 Å². The summed E-state index contributed by atoms with van der Waals surface area (Å²) in [6.45, 7) is 2.06. The van der Waals surface area contributed by atoms with Crippen molar-refractivity contribution in [3.63, 3.8) is 0 Å². The molecule has 0 bridgehead atoms. The molecule has 0 spiro atoms. The van der Waals surface area contributed by atoms with Crippen LogP contribution in [0, 0.1) is 11.3 Å². The molecule has 0 aliphatic carbocycles. The molecule has 24 heavy (non-hydrogen) atoms. The van der Waals surface area contributed by atoms with Crippen molar-refractivity contribution >= 4 is 5.82 Å². The Morgan fingerprint density at radius 1 is 1.17 bits per heavy atom. The first-order valence-electron chi connectivity index (χ1n) is 7.68. The van der Waals surface area contributed by atoms with E-state index in [0.29, 0.717) is 17.5 Å². The molecule has 0 saturated carbocycles. The molecule has 7 heteroatoms. The van der Waals surface area contributed by atoms with E-state index in [1.165, 1.54) is 0 Å². The number of rotatable bonds is 6. The predicted molar refractivity (Wildman–Crippen MR) is 86.9 cm³/mol. The second kappa shape index (κ2) is 7.33. The maximum absolute atomic E-state index is 8.81. The second-order valence-corrected chi connectivity index (χ2v) is 5.20. The lowest BCUT2D eigenvalue weighted by Crippen LogP contribution is -2.15. The number of nitrogens with zero attached hydrogens (tertiary/aromatic N) is 5. The molecule has 2 heterocycles. The fraction of sp³-hybridized carbons (Fsp3) is 0.235. The highest BCUT2D eigenvalue weighted by molar-refractivity contribution is 5.41. The van der Waals surface area contributed by atoms with Crippen molar-refractivity contribution in [1.29, 1.82) is 5.26 Å². The Kier molecular flexibility index (Phi) is 4.77. The van der Waals surface area contributed by atoms with Crippen LogP contribution in [-0.2, 0) is 6.42 Å². The van der Waals surface area contributed by atoms with E-state index in [-0.39, 0.29) is 11.7 Å². The Balaban J connectivity index is 1.90. The third-order valence-electron chi connectivity index (χ3n) is 3.41. The molecule has 7 nitrogen and oxygen atoms in total. The smallest absolute Gasteiger partial charge is 0.226 e. The van der Waals surface area contributed by atoms with Crippen LogP contribution < -0.4 is 5.32 Å². The van der Waals surface area contributed by atoms with Gasteiger partial charge >= 0.3 is 0 Å². The van der Waals surface area contributed by atoms with Crippen molar-refractivity contribution in [3.8, 4) is 6.07 Å². The van der Waals surface area contributed by atoms with Gasteiger partial charge in [-0.05, 0) is 24.1 Å². The zero-order chi connectivity index (χ0) is 16.8. The van der Waals surface area contributed by atoms with Gasteiger partial charge in [0.25, 0.3) is 0 Å². The maximum atomic E-state index is 8.81. The largest absolute Gasteiger partial charge is 0.355 e. The molecule has 1 aromatic carbocycles. The monoisotopic (exact) mass is 320 g/mol. The number of aromatic nitrogens is 4. The summed E-state index contributed by atoms with van der Waals surface area (Å²) in [5, 5.41) is 24.0. The van der Waals surface area contributed by atoms with Gasteiger partial charge in [0.15, 0.2) is 11.5 Å². The Morgan fingerprint density at radius 3 is 2.67 bits per heavy atom. The molecular formula is C17H16N6O. The fourth-order valence-corrected chi connectivity index (χ4v) is 2.26. The van der Waals surface area contributed by atoms with E-state index in [9.17, 15) is 0 Å². The lowest BCUT2D eigenvalue weighted by Gasteiger charge is -2.15. The topological polar surface area (TPSA) is 101 Å².